The van der Waals surface area contributed by atoms with Crippen LogP contribution in [0.4, 0.5) is 5.69 Å². The first-order valence-electron chi connectivity index (χ1n) is 10.3. The summed E-state index contributed by atoms with van der Waals surface area (Å²) in [6.07, 6.45) is 3.18. The lowest BCUT2D eigenvalue weighted by Gasteiger charge is -2.15. The van der Waals surface area contributed by atoms with Crippen molar-refractivity contribution < 1.29 is 9.53 Å². The quantitative estimate of drug-likeness (QED) is 0.411. The van der Waals surface area contributed by atoms with Gasteiger partial charge in [0.05, 0.1) is 12.5 Å². The molecule has 0 fully saturated rings. The van der Waals surface area contributed by atoms with Crippen LogP contribution >= 0.6 is 12.2 Å². The number of hydrogen-bond acceptors (Lipinski definition) is 3. The predicted molar refractivity (Wildman–Crippen MR) is 125 cm³/mol. The minimum atomic E-state index is -0.280. The van der Waals surface area contributed by atoms with Gasteiger partial charge in [-0.3, -0.25) is 4.79 Å². The summed E-state index contributed by atoms with van der Waals surface area (Å²) < 4.78 is 5.65. The maximum atomic E-state index is 12.5. The average molecular weight is 413 g/mol. The van der Waals surface area contributed by atoms with E-state index in [1.165, 1.54) is 5.56 Å². The van der Waals surface area contributed by atoms with E-state index in [1.54, 1.807) is 0 Å². The van der Waals surface area contributed by atoms with Crippen molar-refractivity contribution in [3.05, 3.63) is 59.7 Å². The molecule has 1 unspecified atom stereocenters. The fourth-order valence-corrected chi connectivity index (χ4v) is 3.13. The molecule has 2 aromatic rings. The van der Waals surface area contributed by atoms with Gasteiger partial charge in [0, 0.05) is 5.69 Å². The Kier molecular flexibility index (Phi) is 9.13. The van der Waals surface area contributed by atoms with Crippen LogP contribution in [0.25, 0.3) is 0 Å². The Morgan fingerprint density at radius 3 is 2.28 bits per heavy atom. The number of thiocarbonyl (C=S) groups is 1. The zero-order valence-electron chi connectivity index (χ0n) is 17.8. The van der Waals surface area contributed by atoms with Gasteiger partial charge in [-0.1, -0.05) is 51.5 Å². The zero-order chi connectivity index (χ0) is 21.2. The van der Waals surface area contributed by atoms with E-state index in [2.05, 4.69) is 43.5 Å². The van der Waals surface area contributed by atoms with Gasteiger partial charge < -0.3 is 15.4 Å². The van der Waals surface area contributed by atoms with E-state index in [0.29, 0.717) is 12.5 Å². The molecule has 156 valence electrons. The summed E-state index contributed by atoms with van der Waals surface area (Å²) >= 11 is 5.29. The van der Waals surface area contributed by atoms with Crippen molar-refractivity contribution in [3.8, 4) is 5.75 Å². The van der Waals surface area contributed by atoms with Crippen molar-refractivity contribution in [2.45, 2.75) is 52.9 Å². The molecule has 2 aromatic carbocycles. The van der Waals surface area contributed by atoms with Gasteiger partial charge >= 0.3 is 0 Å². The number of hydrogen-bond donors (Lipinski definition) is 2. The van der Waals surface area contributed by atoms with Gasteiger partial charge in [-0.25, -0.2) is 0 Å². The Bertz CT molecular complexity index is 786. The van der Waals surface area contributed by atoms with Crippen LogP contribution in [0.15, 0.2) is 48.5 Å². The van der Waals surface area contributed by atoms with Crippen molar-refractivity contribution >= 4 is 28.9 Å². The molecule has 0 heterocycles. The van der Waals surface area contributed by atoms with Crippen molar-refractivity contribution in [2.75, 3.05) is 11.9 Å². The number of ether oxygens (including phenoxy) is 1. The lowest BCUT2D eigenvalue weighted by molar-refractivity contribution is -0.120. The number of amides is 1. The highest BCUT2D eigenvalue weighted by Crippen LogP contribution is 2.19. The molecule has 2 rings (SSSR count). The first-order valence-corrected chi connectivity index (χ1v) is 10.7. The van der Waals surface area contributed by atoms with Crippen LogP contribution in [0, 0.1) is 5.92 Å². The van der Waals surface area contributed by atoms with E-state index in [9.17, 15) is 4.79 Å². The second-order valence-corrected chi connectivity index (χ2v) is 8.14. The van der Waals surface area contributed by atoms with Gasteiger partial charge in [0.2, 0.25) is 5.91 Å². The third-order valence-corrected chi connectivity index (χ3v) is 4.84. The van der Waals surface area contributed by atoms with Gasteiger partial charge in [-0.15, -0.1) is 0 Å². The smallest absolute Gasteiger partial charge is 0.233 e. The number of benzene rings is 2. The van der Waals surface area contributed by atoms with E-state index >= 15 is 0 Å². The first-order chi connectivity index (χ1) is 13.9. The van der Waals surface area contributed by atoms with Gasteiger partial charge in [0.1, 0.15) is 5.75 Å². The molecule has 2 N–H and O–H groups in total. The molecule has 0 aliphatic carbocycles. The molecule has 0 aliphatic heterocycles. The summed E-state index contributed by atoms with van der Waals surface area (Å²) in [6.45, 7) is 9.14. The highest BCUT2D eigenvalue weighted by atomic mass is 32.1. The maximum absolute atomic E-state index is 12.5. The highest BCUT2D eigenvalue weighted by Gasteiger charge is 2.16. The van der Waals surface area contributed by atoms with Crippen LogP contribution in [-0.2, 0) is 11.2 Å². The summed E-state index contributed by atoms with van der Waals surface area (Å²) in [4.78, 5) is 12.5. The second kappa shape index (κ2) is 11.6. The van der Waals surface area contributed by atoms with Gasteiger partial charge in [-0.05, 0) is 73.3 Å². The zero-order valence-corrected chi connectivity index (χ0v) is 18.6. The number of nitrogens with one attached hydrogen (secondary N) is 2. The number of carbonyl (C=O) groups excluding carboxylic acids is 1. The molecule has 1 atom stereocenters. The molecular weight excluding hydrogens is 380 g/mol. The molecule has 4 nitrogen and oxygen atoms in total. The van der Waals surface area contributed by atoms with Gasteiger partial charge in [0.15, 0.2) is 5.11 Å². The largest absolute Gasteiger partial charge is 0.494 e. The van der Waals surface area contributed by atoms with Crippen molar-refractivity contribution in [2.24, 2.45) is 5.92 Å². The summed E-state index contributed by atoms with van der Waals surface area (Å²) in [6, 6.07) is 15.8. The number of anilines is 1. The Morgan fingerprint density at radius 1 is 1.03 bits per heavy atom. The predicted octanol–water partition coefficient (Wildman–Crippen LogP) is 5.68. The molecular formula is C24H32N2O2S. The second-order valence-electron chi connectivity index (χ2n) is 7.73. The van der Waals surface area contributed by atoms with E-state index in [1.807, 2.05) is 43.3 Å². The fourth-order valence-electron chi connectivity index (χ4n) is 2.92. The Labute approximate surface area is 180 Å². The third kappa shape index (κ3) is 7.86. The van der Waals surface area contributed by atoms with Crippen molar-refractivity contribution in [1.82, 2.24) is 5.32 Å². The minimum Gasteiger partial charge on any atom is -0.494 e. The van der Waals surface area contributed by atoms with Crippen LogP contribution < -0.4 is 15.4 Å². The molecule has 1 amide bonds. The van der Waals surface area contributed by atoms with E-state index in [4.69, 9.17) is 17.0 Å². The summed E-state index contributed by atoms with van der Waals surface area (Å²) in [7, 11) is 0. The lowest BCUT2D eigenvalue weighted by atomic mass is 9.96. The maximum Gasteiger partial charge on any atom is 0.233 e. The molecule has 0 aliphatic rings. The number of carbonyl (C=O) groups is 1. The lowest BCUT2D eigenvalue weighted by Crippen LogP contribution is -2.36. The molecule has 0 saturated carbocycles. The Balaban J connectivity index is 1.85. The van der Waals surface area contributed by atoms with Gasteiger partial charge in [0.25, 0.3) is 0 Å². The molecule has 0 radical (unpaired) electrons. The molecule has 0 saturated heterocycles. The van der Waals surface area contributed by atoms with Gasteiger partial charge in [-0.2, -0.15) is 0 Å². The average Bonchev–Trinajstić information content (AvgIpc) is 2.69. The van der Waals surface area contributed by atoms with Crippen LogP contribution in [0.1, 0.15) is 57.6 Å². The molecule has 0 bridgehead atoms. The Hall–Kier alpha value is -2.40. The van der Waals surface area contributed by atoms with Crippen molar-refractivity contribution in [1.29, 1.82) is 0 Å². The van der Waals surface area contributed by atoms with Crippen LogP contribution in [0.3, 0.4) is 0 Å². The summed E-state index contributed by atoms with van der Waals surface area (Å²) in [5.41, 5.74) is 3.07. The topological polar surface area (TPSA) is 50.4 Å². The molecule has 5 heteroatoms. The van der Waals surface area contributed by atoms with Crippen LogP contribution in [0.5, 0.6) is 5.75 Å². The van der Waals surface area contributed by atoms with E-state index < -0.39 is 0 Å². The summed E-state index contributed by atoms with van der Waals surface area (Å²) in [5.74, 6) is 1.03. The number of rotatable bonds is 9. The van der Waals surface area contributed by atoms with Crippen LogP contribution in [0.2, 0.25) is 0 Å². The Morgan fingerprint density at radius 2 is 1.69 bits per heavy atom. The molecule has 0 spiro atoms. The van der Waals surface area contributed by atoms with Crippen LogP contribution in [-0.4, -0.2) is 17.6 Å². The van der Waals surface area contributed by atoms with E-state index in [0.717, 1.165) is 36.3 Å². The minimum absolute atomic E-state index is 0.126. The summed E-state index contributed by atoms with van der Waals surface area (Å²) in [5, 5.41) is 6.12. The van der Waals surface area contributed by atoms with E-state index in [-0.39, 0.29) is 16.9 Å². The molecule has 29 heavy (non-hydrogen) atoms. The number of unbranched alkanes of at least 4 members (excludes halogenated alkanes) is 1. The fraction of sp³-hybridized carbons (Fsp3) is 0.417. The monoisotopic (exact) mass is 412 g/mol. The SMILES string of the molecule is CCCCOc1ccc(NC(=S)NC(=O)C(C)c2ccc(CC(C)C)cc2)cc1. The van der Waals surface area contributed by atoms with Crippen molar-refractivity contribution in [3.63, 3.8) is 0 Å². The normalized spacial score (nSPS) is 11.8. The third-order valence-electron chi connectivity index (χ3n) is 4.63. The standard InChI is InChI=1S/C24H32N2O2S/c1-5-6-15-28-22-13-11-21(12-14-22)25-24(29)26-23(27)18(4)20-9-7-19(8-10-20)16-17(2)3/h7-14,17-18H,5-6,15-16H2,1-4H3,(H2,25,26,27,29). The highest BCUT2D eigenvalue weighted by molar-refractivity contribution is 7.80. The first kappa shape index (κ1) is 22.9. The molecule has 0 aromatic heterocycles.